The lowest BCUT2D eigenvalue weighted by Gasteiger charge is -2.08. The lowest BCUT2D eigenvalue weighted by Crippen LogP contribution is -2.31. The van der Waals surface area contributed by atoms with E-state index in [1.54, 1.807) is 25.3 Å². The normalized spacial score (nSPS) is 17.9. The number of rotatable bonds is 8. The van der Waals surface area contributed by atoms with Gasteiger partial charge in [0.05, 0.1) is 18.9 Å². The molecule has 2 aromatic rings. The van der Waals surface area contributed by atoms with Crippen LogP contribution >= 0.6 is 0 Å². The second-order valence-corrected chi connectivity index (χ2v) is 6.65. The SMILES string of the molecule is COc1cccc(CCNC(=O)C2CC2C(=O)NCc2ccccc2F)c1. The molecule has 2 atom stereocenters. The Labute approximate surface area is 157 Å². The summed E-state index contributed by atoms with van der Waals surface area (Å²) in [5.74, 6) is -0.493. The van der Waals surface area contributed by atoms with Gasteiger partial charge in [0.1, 0.15) is 11.6 Å². The van der Waals surface area contributed by atoms with E-state index < -0.39 is 0 Å². The molecule has 3 rings (SSSR count). The number of methoxy groups -OCH3 is 1. The van der Waals surface area contributed by atoms with Crippen molar-refractivity contribution >= 4 is 11.8 Å². The highest BCUT2D eigenvalue weighted by atomic mass is 19.1. The number of halogens is 1. The molecular weight excluding hydrogens is 347 g/mol. The molecule has 0 heterocycles. The first kappa shape index (κ1) is 18.9. The van der Waals surface area contributed by atoms with Gasteiger partial charge in [0.25, 0.3) is 0 Å². The lowest BCUT2D eigenvalue weighted by molar-refractivity contribution is -0.127. The van der Waals surface area contributed by atoms with E-state index in [1.165, 1.54) is 6.07 Å². The smallest absolute Gasteiger partial charge is 0.224 e. The van der Waals surface area contributed by atoms with Gasteiger partial charge >= 0.3 is 0 Å². The van der Waals surface area contributed by atoms with Gasteiger partial charge in [-0.05, 0) is 36.6 Å². The zero-order chi connectivity index (χ0) is 19.2. The van der Waals surface area contributed by atoms with Crippen LogP contribution in [0.1, 0.15) is 17.5 Å². The van der Waals surface area contributed by atoms with E-state index in [2.05, 4.69) is 10.6 Å². The van der Waals surface area contributed by atoms with Crippen molar-refractivity contribution in [3.8, 4) is 5.75 Å². The summed E-state index contributed by atoms with van der Waals surface area (Å²) in [5, 5.41) is 5.59. The lowest BCUT2D eigenvalue weighted by atomic mass is 10.1. The number of benzene rings is 2. The molecule has 1 aliphatic carbocycles. The van der Waals surface area contributed by atoms with E-state index in [4.69, 9.17) is 4.74 Å². The maximum atomic E-state index is 13.6. The molecule has 1 fully saturated rings. The zero-order valence-electron chi connectivity index (χ0n) is 15.2. The molecule has 2 unspecified atom stereocenters. The summed E-state index contributed by atoms with van der Waals surface area (Å²) in [5.41, 5.74) is 1.51. The Bertz CT molecular complexity index is 825. The molecule has 142 valence electrons. The fourth-order valence-electron chi connectivity index (χ4n) is 3.02. The van der Waals surface area contributed by atoms with Crippen molar-refractivity contribution in [2.45, 2.75) is 19.4 Å². The predicted octanol–water partition coefficient (Wildman–Crippen LogP) is 2.45. The van der Waals surface area contributed by atoms with Gasteiger partial charge < -0.3 is 15.4 Å². The number of carbonyl (C=O) groups excluding carboxylic acids is 2. The van der Waals surface area contributed by atoms with Gasteiger partial charge in [-0.25, -0.2) is 4.39 Å². The molecule has 0 bridgehead atoms. The second kappa shape index (κ2) is 8.66. The van der Waals surface area contributed by atoms with Crippen LogP contribution < -0.4 is 15.4 Å². The third-order valence-corrected chi connectivity index (χ3v) is 4.72. The fraction of sp³-hybridized carbons (Fsp3) is 0.333. The van der Waals surface area contributed by atoms with Gasteiger partial charge in [-0.1, -0.05) is 30.3 Å². The highest BCUT2D eigenvalue weighted by Gasteiger charge is 2.47. The standard InChI is InChI=1S/C21H23FN2O3/c1-27-16-7-4-5-14(11-16)9-10-23-20(25)17-12-18(17)21(26)24-13-15-6-2-3-8-19(15)22/h2-8,11,17-18H,9-10,12-13H2,1H3,(H,23,25)(H,24,26). The maximum absolute atomic E-state index is 13.6. The van der Waals surface area contributed by atoms with E-state index in [0.717, 1.165) is 11.3 Å². The van der Waals surface area contributed by atoms with Crippen LogP contribution in [-0.4, -0.2) is 25.5 Å². The number of amides is 2. The summed E-state index contributed by atoms with van der Waals surface area (Å²) in [7, 11) is 1.62. The highest BCUT2D eigenvalue weighted by Crippen LogP contribution is 2.38. The molecule has 1 saturated carbocycles. The molecule has 0 spiro atoms. The quantitative estimate of drug-likeness (QED) is 0.750. The summed E-state index contributed by atoms with van der Waals surface area (Å²) in [4.78, 5) is 24.3. The second-order valence-electron chi connectivity index (χ2n) is 6.65. The van der Waals surface area contributed by atoms with Crippen molar-refractivity contribution in [2.24, 2.45) is 11.8 Å². The van der Waals surface area contributed by atoms with Gasteiger partial charge in [-0.2, -0.15) is 0 Å². The molecule has 2 aromatic carbocycles. The van der Waals surface area contributed by atoms with Crippen molar-refractivity contribution in [1.29, 1.82) is 0 Å². The number of nitrogens with one attached hydrogen (secondary N) is 2. The molecule has 0 aromatic heterocycles. The Morgan fingerprint density at radius 1 is 1.07 bits per heavy atom. The number of carbonyl (C=O) groups is 2. The van der Waals surface area contributed by atoms with Crippen LogP contribution in [0.2, 0.25) is 0 Å². The molecule has 2 N–H and O–H groups in total. The van der Waals surface area contributed by atoms with E-state index in [1.807, 2.05) is 24.3 Å². The average molecular weight is 370 g/mol. The third kappa shape index (κ3) is 5.06. The molecule has 27 heavy (non-hydrogen) atoms. The number of ether oxygens (including phenoxy) is 1. The van der Waals surface area contributed by atoms with Crippen molar-refractivity contribution in [2.75, 3.05) is 13.7 Å². The number of hydrogen-bond acceptors (Lipinski definition) is 3. The summed E-state index contributed by atoms with van der Waals surface area (Å²) in [6.45, 7) is 0.637. The first-order chi connectivity index (χ1) is 13.1. The molecule has 1 aliphatic rings. The minimum Gasteiger partial charge on any atom is -0.497 e. The average Bonchev–Trinajstić information content (AvgIpc) is 3.48. The molecule has 0 saturated heterocycles. The Balaban J connectivity index is 1.39. The van der Waals surface area contributed by atoms with Crippen molar-refractivity contribution in [1.82, 2.24) is 10.6 Å². The minimum absolute atomic E-state index is 0.107. The molecule has 0 aliphatic heterocycles. The minimum atomic E-state index is -0.347. The highest BCUT2D eigenvalue weighted by molar-refractivity contribution is 5.92. The summed E-state index contributed by atoms with van der Waals surface area (Å²) >= 11 is 0. The van der Waals surface area contributed by atoms with Gasteiger partial charge in [0.15, 0.2) is 0 Å². The zero-order valence-corrected chi connectivity index (χ0v) is 15.2. The Morgan fingerprint density at radius 3 is 2.56 bits per heavy atom. The molecule has 5 nitrogen and oxygen atoms in total. The third-order valence-electron chi connectivity index (χ3n) is 4.72. The Morgan fingerprint density at radius 2 is 1.81 bits per heavy atom. The molecule has 2 amide bonds. The van der Waals surface area contributed by atoms with Crippen LogP contribution in [0.25, 0.3) is 0 Å². The van der Waals surface area contributed by atoms with Crippen molar-refractivity contribution in [3.63, 3.8) is 0 Å². The Hall–Kier alpha value is -2.89. The van der Waals surface area contributed by atoms with Crippen LogP contribution in [0.15, 0.2) is 48.5 Å². The monoisotopic (exact) mass is 370 g/mol. The van der Waals surface area contributed by atoms with Crippen LogP contribution in [-0.2, 0) is 22.6 Å². The predicted molar refractivity (Wildman–Crippen MR) is 99.6 cm³/mol. The summed E-state index contributed by atoms with van der Waals surface area (Å²) in [6, 6.07) is 14.0. The van der Waals surface area contributed by atoms with Crippen LogP contribution in [0.4, 0.5) is 4.39 Å². The van der Waals surface area contributed by atoms with E-state index in [-0.39, 0.29) is 36.0 Å². The van der Waals surface area contributed by atoms with E-state index >= 15 is 0 Å². The van der Waals surface area contributed by atoms with Crippen LogP contribution in [0, 0.1) is 17.7 Å². The first-order valence-corrected chi connectivity index (χ1v) is 9.00. The topological polar surface area (TPSA) is 67.4 Å². The molecule has 0 radical (unpaired) electrons. The van der Waals surface area contributed by atoms with Gasteiger partial charge in [0.2, 0.25) is 11.8 Å². The fourth-order valence-corrected chi connectivity index (χ4v) is 3.02. The van der Waals surface area contributed by atoms with Gasteiger partial charge in [-0.3, -0.25) is 9.59 Å². The van der Waals surface area contributed by atoms with Crippen LogP contribution in [0.3, 0.4) is 0 Å². The summed E-state index contributed by atoms with van der Waals surface area (Å²) < 4.78 is 18.7. The first-order valence-electron chi connectivity index (χ1n) is 9.00. The maximum Gasteiger partial charge on any atom is 0.224 e. The molecular formula is C21H23FN2O3. The van der Waals surface area contributed by atoms with Gasteiger partial charge in [0, 0.05) is 18.7 Å². The van der Waals surface area contributed by atoms with Gasteiger partial charge in [-0.15, -0.1) is 0 Å². The number of hydrogen-bond donors (Lipinski definition) is 2. The summed E-state index contributed by atoms with van der Waals surface area (Å²) in [6.07, 6.45) is 1.23. The van der Waals surface area contributed by atoms with Crippen molar-refractivity contribution in [3.05, 3.63) is 65.5 Å². The Kier molecular flexibility index (Phi) is 6.06. The van der Waals surface area contributed by atoms with E-state index in [0.29, 0.717) is 24.9 Å². The van der Waals surface area contributed by atoms with Crippen molar-refractivity contribution < 1.29 is 18.7 Å². The molecule has 6 heteroatoms. The van der Waals surface area contributed by atoms with E-state index in [9.17, 15) is 14.0 Å². The van der Waals surface area contributed by atoms with Crippen LogP contribution in [0.5, 0.6) is 5.75 Å². The largest absolute Gasteiger partial charge is 0.497 e.